The van der Waals surface area contributed by atoms with Gasteiger partial charge in [-0.2, -0.15) is 0 Å². The highest BCUT2D eigenvalue weighted by Gasteiger charge is 2.14. The van der Waals surface area contributed by atoms with Gasteiger partial charge >= 0.3 is 5.97 Å². The summed E-state index contributed by atoms with van der Waals surface area (Å²) < 4.78 is 17.5. The molecule has 0 aliphatic carbocycles. The summed E-state index contributed by atoms with van der Waals surface area (Å²) in [5.74, 6) is -0.686. The molecule has 3 heteroatoms. The fraction of sp³-hybridized carbons (Fsp3) is 0.250. The molecule has 0 N–H and O–H groups in total. The smallest absolute Gasteiger partial charge is 0.336 e. The maximum absolute atomic E-state index is 12.7. The SMILES string of the molecule is C=C(C(=O)OCc1ccccc1)C(C)F. The third-order valence-corrected chi connectivity index (χ3v) is 1.96. The van der Waals surface area contributed by atoms with Crippen molar-refractivity contribution in [2.75, 3.05) is 0 Å². The second kappa shape index (κ2) is 5.29. The van der Waals surface area contributed by atoms with Crippen LogP contribution in [0.3, 0.4) is 0 Å². The molecule has 0 radical (unpaired) electrons. The molecule has 0 fully saturated rings. The molecule has 0 saturated heterocycles. The monoisotopic (exact) mass is 208 g/mol. The van der Waals surface area contributed by atoms with E-state index in [0.717, 1.165) is 5.56 Å². The van der Waals surface area contributed by atoms with E-state index in [4.69, 9.17) is 4.74 Å². The van der Waals surface area contributed by atoms with Crippen LogP contribution in [0.25, 0.3) is 0 Å². The lowest BCUT2D eigenvalue weighted by Crippen LogP contribution is -2.13. The Hall–Kier alpha value is -1.64. The summed E-state index contributed by atoms with van der Waals surface area (Å²) in [5, 5.41) is 0. The Morgan fingerprint density at radius 1 is 1.47 bits per heavy atom. The summed E-state index contributed by atoms with van der Waals surface area (Å²) in [6, 6.07) is 9.21. The Balaban J connectivity index is 2.45. The molecule has 1 aromatic carbocycles. The molecule has 80 valence electrons. The second-order valence-corrected chi connectivity index (χ2v) is 3.20. The average molecular weight is 208 g/mol. The first-order valence-electron chi connectivity index (χ1n) is 4.65. The first-order valence-corrected chi connectivity index (χ1v) is 4.65. The maximum Gasteiger partial charge on any atom is 0.336 e. The highest BCUT2D eigenvalue weighted by atomic mass is 19.1. The Morgan fingerprint density at radius 2 is 2.07 bits per heavy atom. The summed E-state index contributed by atoms with van der Waals surface area (Å²) in [5.41, 5.74) is 0.719. The topological polar surface area (TPSA) is 26.3 Å². The van der Waals surface area contributed by atoms with Crippen molar-refractivity contribution in [2.45, 2.75) is 19.7 Å². The molecule has 0 amide bonds. The molecule has 1 unspecified atom stereocenters. The number of halogens is 1. The fourth-order valence-corrected chi connectivity index (χ4v) is 0.978. The quantitative estimate of drug-likeness (QED) is 0.561. The lowest BCUT2D eigenvalue weighted by atomic mass is 10.2. The van der Waals surface area contributed by atoms with Gasteiger partial charge in [-0.25, -0.2) is 9.18 Å². The molecular formula is C12H13FO2. The summed E-state index contributed by atoms with van der Waals surface area (Å²) in [7, 11) is 0. The van der Waals surface area contributed by atoms with E-state index in [9.17, 15) is 9.18 Å². The molecule has 0 heterocycles. The third-order valence-electron chi connectivity index (χ3n) is 1.96. The lowest BCUT2D eigenvalue weighted by Gasteiger charge is -2.07. The summed E-state index contributed by atoms with van der Waals surface area (Å²) in [4.78, 5) is 11.2. The zero-order valence-corrected chi connectivity index (χ0v) is 8.57. The van der Waals surface area contributed by atoms with Crippen molar-refractivity contribution in [1.29, 1.82) is 0 Å². The first kappa shape index (κ1) is 11.4. The first-order chi connectivity index (χ1) is 7.11. The predicted octanol–water partition coefficient (Wildman–Crippen LogP) is 2.64. The summed E-state index contributed by atoms with van der Waals surface area (Å²) >= 11 is 0. The summed E-state index contributed by atoms with van der Waals surface area (Å²) in [6.45, 7) is 4.72. The number of hydrogen-bond acceptors (Lipinski definition) is 2. The van der Waals surface area contributed by atoms with E-state index in [1.807, 2.05) is 30.3 Å². The highest BCUT2D eigenvalue weighted by molar-refractivity contribution is 5.88. The minimum Gasteiger partial charge on any atom is -0.457 e. The van der Waals surface area contributed by atoms with Gasteiger partial charge in [0.25, 0.3) is 0 Å². The number of hydrogen-bond donors (Lipinski definition) is 0. The molecule has 0 aliphatic heterocycles. The molecule has 15 heavy (non-hydrogen) atoms. The van der Waals surface area contributed by atoms with Crippen molar-refractivity contribution in [3.63, 3.8) is 0 Å². The van der Waals surface area contributed by atoms with E-state index in [-0.39, 0.29) is 12.2 Å². The number of alkyl halides is 1. The Kier molecular flexibility index (Phi) is 4.03. The van der Waals surface area contributed by atoms with Gasteiger partial charge < -0.3 is 4.74 Å². The Bertz CT molecular complexity index is 344. The van der Waals surface area contributed by atoms with E-state index in [0.29, 0.717) is 0 Å². The van der Waals surface area contributed by atoms with Crippen LogP contribution in [0.1, 0.15) is 12.5 Å². The zero-order chi connectivity index (χ0) is 11.3. The molecule has 1 aromatic rings. The van der Waals surface area contributed by atoms with Gasteiger partial charge in [0.1, 0.15) is 12.8 Å². The average Bonchev–Trinajstić information content (AvgIpc) is 2.26. The van der Waals surface area contributed by atoms with Gasteiger partial charge in [0.05, 0.1) is 5.57 Å². The van der Waals surface area contributed by atoms with Crippen LogP contribution in [-0.2, 0) is 16.1 Å². The summed E-state index contributed by atoms with van der Waals surface area (Å²) in [6.07, 6.45) is -1.37. The van der Waals surface area contributed by atoms with Gasteiger partial charge in [-0.05, 0) is 12.5 Å². The molecule has 0 aromatic heterocycles. The number of rotatable bonds is 4. The van der Waals surface area contributed by atoms with Crippen LogP contribution in [0.15, 0.2) is 42.5 Å². The van der Waals surface area contributed by atoms with Gasteiger partial charge in [-0.15, -0.1) is 0 Å². The molecule has 2 nitrogen and oxygen atoms in total. The van der Waals surface area contributed by atoms with Gasteiger partial charge in [0, 0.05) is 0 Å². The fourth-order valence-electron chi connectivity index (χ4n) is 0.978. The van der Waals surface area contributed by atoms with Crippen LogP contribution in [0.4, 0.5) is 4.39 Å². The van der Waals surface area contributed by atoms with Crippen LogP contribution >= 0.6 is 0 Å². The van der Waals surface area contributed by atoms with E-state index < -0.39 is 12.1 Å². The predicted molar refractivity (Wildman–Crippen MR) is 55.9 cm³/mol. The number of esters is 1. The standard InChI is InChI=1S/C12H13FO2/c1-9(10(2)13)12(14)15-8-11-6-4-3-5-7-11/h3-7,10H,1,8H2,2H3. The van der Waals surface area contributed by atoms with E-state index in [1.165, 1.54) is 6.92 Å². The van der Waals surface area contributed by atoms with Gasteiger partial charge in [-0.1, -0.05) is 36.9 Å². The van der Waals surface area contributed by atoms with E-state index >= 15 is 0 Å². The highest BCUT2D eigenvalue weighted by Crippen LogP contribution is 2.08. The number of benzene rings is 1. The Labute approximate surface area is 88.4 Å². The molecule has 0 bridgehead atoms. The molecule has 1 atom stereocenters. The van der Waals surface area contributed by atoms with Gasteiger partial charge in [-0.3, -0.25) is 0 Å². The van der Waals surface area contributed by atoms with Gasteiger partial charge in [0.15, 0.2) is 0 Å². The van der Waals surface area contributed by atoms with Crippen LogP contribution in [0.2, 0.25) is 0 Å². The molecule has 1 rings (SSSR count). The zero-order valence-electron chi connectivity index (χ0n) is 8.57. The Morgan fingerprint density at radius 3 is 2.60 bits per heavy atom. The molecular weight excluding hydrogens is 195 g/mol. The van der Waals surface area contributed by atoms with Crippen molar-refractivity contribution < 1.29 is 13.9 Å². The van der Waals surface area contributed by atoms with Crippen LogP contribution in [0, 0.1) is 0 Å². The van der Waals surface area contributed by atoms with Crippen LogP contribution in [0.5, 0.6) is 0 Å². The largest absolute Gasteiger partial charge is 0.457 e. The normalized spacial score (nSPS) is 11.9. The minimum absolute atomic E-state index is 0.144. The van der Waals surface area contributed by atoms with Crippen LogP contribution < -0.4 is 0 Å². The van der Waals surface area contributed by atoms with Crippen molar-refractivity contribution in [2.24, 2.45) is 0 Å². The van der Waals surface area contributed by atoms with Crippen molar-refractivity contribution in [3.8, 4) is 0 Å². The van der Waals surface area contributed by atoms with Crippen molar-refractivity contribution in [3.05, 3.63) is 48.0 Å². The second-order valence-electron chi connectivity index (χ2n) is 3.20. The van der Waals surface area contributed by atoms with Crippen LogP contribution in [-0.4, -0.2) is 12.1 Å². The molecule has 0 aliphatic rings. The van der Waals surface area contributed by atoms with Crippen molar-refractivity contribution >= 4 is 5.97 Å². The van der Waals surface area contributed by atoms with Gasteiger partial charge in [0.2, 0.25) is 0 Å². The van der Waals surface area contributed by atoms with Crippen molar-refractivity contribution in [1.82, 2.24) is 0 Å². The number of carbonyl (C=O) groups is 1. The number of ether oxygens (including phenoxy) is 1. The molecule has 0 saturated carbocycles. The lowest BCUT2D eigenvalue weighted by molar-refractivity contribution is -0.140. The van der Waals surface area contributed by atoms with E-state index in [2.05, 4.69) is 6.58 Å². The molecule has 0 spiro atoms. The number of carbonyl (C=O) groups excluding carboxylic acids is 1. The van der Waals surface area contributed by atoms with E-state index in [1.54, 1.807) is 0 Å². The third kappa shape index (κ3) is 3.54. The maximum atomic E-state index is 12.7. The minimum atomic E-state index is -1.37.